The van der Waals surface area contributed by atoms with Crippen molar-refractivity contribution in [1.29, 1.82) is 0 Å². The number of benzene rings is 4. The van der Waals surface area contributed by atoms with Crippen LogP contribution in [-0.2, 0) is 10.1 Å². The summed E-state index contributed by atoms with van der Waals surface area (Å²) in [5.41, 5.74) is 1.03. The third-order valence-electron chi connectivity index (χ3n) is 4.64. The summed E-state index contributed by atoms with van der Waals surface area (Å²) in [7, 11) is -2.92. The van der Waals surface area contributed by atoms with Crippen molar-refractivity contribution in [3.63, 3.8) is 0 Å². The highest BCUT2D eigenvalue weighted by molar-refractivity contribution is 9.10. The van der Waals surface area contributed by atoms with Crippen LogP contribution in [0.25, 0.3) is 32.7 Å². The van der Waals surface area contributed by atoms with E-state index in [-0.39, 0.29) is 4.90 Å². The van der Waals surface area contributed by atoms with Crippen LogP contribution < -0.4 is 4.74 Å². The zero-order valence-corrected chi connectivity index (χ0v) is 18.6. The van der Waals surface area contributed by atoms with Gasteiger partial charge < -0.3 is 4.74 Å². The van der Waals surface area contributed by atoms with Crippen molar-refractivity contribution < 1.29 is 17.7 Å². The van der Waals surface area contributed by atoms with Crippen LogP contribution in [0.2, 0.25) is 0 Å². The molecule has 0 aromatic heterocycles. The summed E-state index contributed by atoms with van der Waals surface area (Å²) in [4.78, 5) is -0.156. The fraction of sp³-hybridized carbons (Fsp3) is 0.0476. The van der Waals surface area contributed by atoms with Gasteiger partial charge in [-0.1, -0.05) is 56.1 Å². The van der Waals surface area contributed by atoms with Crippen LogP contribution in [0.15, 0.2) is 74.5 Å². The maximum atomic E-state index is 12.2. The normalized spacial score (nSPS) is 11.9. The van der Waals surface area contributed by atoms with Gasteiger partial charge in [-0.05, 0) is 57.9 Å². The maximum absolute atomic E-state index is 12.2. The van der Waals surface area contributed by atoms with Gasteiger partial charge in [-0.3, -0.25) is 4.55 Å². The number of fused-ring (bicyclic) bond motifs is 2. The van der Waals surface area contributed by atoms with Gasteiger partial charge in [0.2, 0.25) is 0 Å². The topological polar surface area (TPSA) is 63.6 Å². The Bertz CT molecular complexity index is 1350. The summed E-state index contributed by atoms with van der Waals surface area (Å²) in [5, 5.41) is 3.28. The van der Waals surface area contributed by atoms with Gasteiger partial charge in [-0.15, -0.1) is 0 Å². The van der Waals surface area contributed by atoms with E-state index in [0.29, 0.717) is 22.3 Å². The van der Waals surface area contributed by atoms with Gasteiger partial charge in [0.1, 0.15) is 10.6 Å². The Morgan fingerprint density at radius 1 is 0.786 bits per heavy atom. The highest BCUT2D eigenvalue weighted by atomic mass is 79.9. The first kappa shape index (κ1) is 19.4. The van der Waals surface area contributed by atoms with Gasteiger partial charge in [0.15, 0.2) is 0 Å². The first-order valence-corrected chi connectivity index (χ1v) is 11.3. The predicted octanol–water partition coefficient (Wildman–Crippen LogP) is 6.44. The van der Waals surface area contributed by atoms with Crippen LogP contribution in [0, 0.1) is 0 Å². The average Bonchev–Trinajstić information content (AvgIpc) is 2.65. The number of methoxy groups -OCH3 is 1. The molecule has 0 spiro atoms. The van der Waals surface area contributed by atoms with Crippen LogP contribution >= 0.6 is 31.9 Å². The maximum Gasteiger partial charge on any atom is 0.295 e. The standard InChI is InChI=1S/C21H14Br2O4S/c1-27-18-8-2-12-10-14(22)4-6-16(12)20(18)21-17-7-5-15(23)11-13(17)3-9-19(21)28(24,25)26/h2-11H,1H3,(H,24,25,26). The molecule has 7 heteroatoms. The Labute approximate surface area is 179 Å². The molecule has 0 saturated heterocycles. The molecule has 4 aromatic rings. The van der Waals surface area contributed by atoms with E-state index in [0.717, 1.165) is 25.1 Å². The number of halogens is 2. The second-order valence-electron chi connectivity index (χ2n) is 6.29. The molecule has 28 heavy (non-hydrogen) atoms. The monoisotopic (exact) mass is 520 g/mol. The van der Waals surface area contributed by atoms with Crippen molar-refractivity contribution in [2.45, 2.75) is 4.90 Å². The molecule has 0 heterocycles. The van der Waals surface area contributed by atoms with Gasteiger partial charge in [-0.25, -0.2) is 0 Å². The summed E-state index contributed by atoms with van der Waals surface area (Å²) in [5.74, 6) is 0.523. The smallest absolute Gasteiger partial charge is 0.295 e. The third-order valence-corrected chi connectivity index (χ3v) is 6.52. The van der Waals surface area contributed by atoms with Gasteiger partial charge >= 0.3 is 0 Å². The first-order valence-electron chi connectivity index (χ1n) is 8.26. The summed E-state index contributed by atoms with van der Waals surface area (Å²) in [6, 6.07) is 18.1. The van der Waals surface area contributed by atoms with Crippen molar-refractivity contribution in [1.82, 2.24) is 0 Å². The molecule has 0 amide bonds. The lowest BCUT2D eigenvalue weighted by Gasteiger charge is -2.17. The van der Waals surface area contributed by atoms with Crippen molar-refractivity contribution in [3.8, 4) is 16.9 Å². The predicted molar refractivity (Wildman–Crippen MR) is 119 cm³/mol. The van der Waals surface area contributed by atoms with Gasteiger partial charge in [0, 0.05) is 20.1 Å². The van der Waals surface area contributed by atoms with E-state index < -0.39 is 10.1 Å². The summed E-state index contributed by atoms with van der Waals surface area (Å²) in [6.45, 7) is 0. The van der Waals surface area contributed by atoms with Gasteiger partial charge in [-0.2, -0.15) is 8.42 Å². The zero-order valence-electron chi connectivity index (χ0n) is 14.6. The largest absolute Gasteiger partial charge is 0.496 e. The molecular weight excluding hydrogens is 508 g/mol. The highest BCUT2D eigenvalue weighted by Gasteiger charge is 2.23. The quantitative estimate of drug-likeness (QED) is 0.315. The van der Waals surface area contributed by atoms with Gasteiger partial charge in [0.05, 0.1) is 7.11 Å². The molecule has 0 aliphatic rings. The lowest BCUT2D eigenvalue weighted by Crippen LogP contribution is -2.03. The number of ether oxygens (including phenoxy) is 1. The molecule has 0 aliphatic carbocycles. The van der Waals surface area contributed by atoms with Crippen LogP contribution in [0.1, 0.15) is 0 Å². The van der Waals surface area contributed by atoms with E-state index in [2.05, 4.69) is 31.9 Å². The van der Waals surface area contributed by atoms with Crippen molar-refractivity contribution >= 4 is 63.5 Å². The Morgan fingerprint density at radius 2 is 1.32 bits per heavy atom. The SMILES string of the molecule is COc1ccc2cc(Br)ccc2c1-c1c(S(=O)(=O)O)ccc2cc(Br)ccc12. The molecule has 0 bridgehead atoms. The molecule has 0 fully saturated rings. The van der Waals surface area contributed by atoms with Crippen LogP contribution in [0.5, 0.6) is 5.75 Å². The molecule has 4 rings (SSSR count). The first-order chi connectivity index (χ1) is 13.3. The molecule has 4 aromatic carbocycles. The summed E-state index contributed by atoms with van der Waals surface area (Å²) in [6.07, 6.45) is 0. The molecule has 0 unspecified atom stereocenters. The Morgan fingerprint density at radius 3 is 1.86 bits per heavy atom. The minimum absolute atomic E-state index is 0.156. The Kier molecular flexibility index (Phi) is 4.95. The molecule has 0 atom stereocenters. The van der Waals surface area contributed by atoms with E-state index in [1.165, 1.54) is 6.07 Å². The molecule has 142 valence electrons. The van der Waals surface area contributed by atoms with E-state index in [1.54, 1.807) is 19.2 Å². The van der Waals surface area contributed by atoms with Crippen LogP contribution in [-0.4, -0.2) is 20.1 Å². The van der Waals surface area contributed by atoms with Crippen molar-refractivity contribution in [2.75, 3.05) is 7.11 Å². The lowest BCUT2D eigenvalue weighted by molar-refractivity contribution is 0.417. The Hall–Kier alpha value is -1.93. The second kappa shape index (κ2) is 7.15. The van der Waals surface area contributed by atoms with E-state index in [9.17, 15) is 13.0 Å². The van der Waals surface area contributed by atoms with E-state index >= 15 is 0 Å². The summed E-state index contributed by atoms with van der Waals surface area (Å²) < 4.78 is 41.8. The molecule has 0 saturated carbocycles. The molecule has 4 nitrogen and oxygen atoms in total. The fourth-order valence-electron chi connectivity index (χ4n) is 3.46. The lowest BCUT2D eigenvalue weighted by atomic mass is 9.93. The Balaban J connectivity index is 2.26. The molecule has 0 aliphatic heterocycles. The molecule has 1 N–H and O–H groups in total. The minimum Gasteiger partial charge on any atom is -0.496 e. The number of hydrogen-bond donors (Lipinski definition) is 1. The van der Waals surface area contributed by atoms with E-state index in [1.807, 2.05) is 42.5 Å². The second-order valence-corrected chi connectivity index (χ2v) is 9.51. The summed E-state index contributed by atoms with van der Waals surface area (Å²) >= 11 is 6.92. The van der Waals surface area contributed by atoms with Crippen molar-refractivity contribution in [3.05, 3.63) is 69.6 Å². The molecular formula is C21H14Br2O4S. The highest BCUT2D eigenvalue weighted by Crippen LogP contribution is 2.44. The van der Waals surface area contributed by atoms with Crippen LogP contribution in [0.4, 0.5) is 0 Å². The number of hydrogen-bond acceptors (Lipinski definition) is 3. The van der Waals surface area contributed by atoms with Gasteiger partial charge in [0.25, 0.3) is 10.1 Å². The number of rotatable bonds is 3. The van der Waals surface area contributed by atoms with Crippen LogP contribution in [0.3, 0.4) is 0 Å². The fourth-order valence-corrected chi connectivity index (χ4v) is 4.93. The minimum atomic E-state index is -4.46. The average molecular weight is 522 g/mol. The van der Waals surface area contributed by atoms with Crippen molar-refractivity contribution in [2.24, 2.45) is 0 Å². The molecule has 0 radical (unpaired) electrons. The van der Waals surface area contributed by atoms with E-state index in [4.69, 9.17) is 4.74 Å². The third kappa shape index (κ3) is 3.33. The zero-order chi connectivity index (χ0) is 20.1.